The predicted molar refractivity (Wildman–Crippen MR) is 113 cm³/mol. The van der Waals surface area contributed by atoms with Gasteiger partial charge in [0, 0.05) is 11.9 Å². The van der Waals surface area contributed by atoms with Crippen LogP contribution in [0.15, 0.2) is 24.4 Å². The predicted octanol–water partition coefficient (Wildman–Crippen LogP) is 6.30. The molecular weight excluding hydrogens is 306 g/mol. The van der Waals surface area contributed by atoms with Gasteiger partial charge in [-0.15, -0.1) is 0 Å². The highest BCUT2D eigenvalue weighted by Gasteiger charge is 2.11. The van der Waals surface area contributed by atoms with Crippen LogP contribution in [0.2, 0.25) is 0 Å². The first kappa shape index (κ1) is 23.6. The highest BCUT2D eigenvalue weighted by Crippen LogP contribution is 2.16. The van der Waals surface area contributed by atoms with Gasteiger partial charge in [-0.25, -0.2) is 0 Å². The van der Waals surface area contributed by atoms with E-state index in [0.717, 1.165) is 13.1 Å². The number of rotatable bonds is 4. The molecule has 0 spiro atoms. The van der Waals surface area contributed by atoms with Gasteiger partial charge in [-0.3, -0.25) is 4.68 Å². The van der Waals surface area contributed by atoms with Crippen LogP contribution in [0.4, 0.5) is 0 Å². The van der Waals surface area contributed by atoms with Crippen LogP contribution < -0.4 is 0 Å². The minimum Gasteiger partial charge on any atom is -0.301 e. The van der Waals surface area contributed by atoms with Crippen LogP contribution in [0, 0.1) is 6.92 Å². The van der Waals surface area contributed by atoms with E-state index in [1.54, 1.807) is 0 Å². The Hall–Kier alpha value is -1.35. The van der Waals surface area contributed by atoms with Crippen molar-refractivity contribution in [3.8, 4) is 0 Å². The van der Waals surface area contributed by atoms with Crippen LogP contribution in [0.3, 0.4) is 0 Å². The molecule has 0 atom stereocenters. The first-order valence-electron chi connectivity index (χ1n) is 10.4. The Balaban J connectivity index is 0.000000625. The molecule has 0 unspecified atom stereocenters. The second kappa shape index (κ2) is 14.9. The number of aromatic nitrogens is 2. The number of nitrogens with zero attached hydrogens (tertiary/aromatic N) is 3. The Bertz CT molecular complexity index is 537. The SMILES string of the molecule is CC.CC.CCCC.Cc1ccc2cnn(CCN3CCCC3)c2c1. The van der Waals surface area contributed by atoms with Gasteiger partial charge in [-0.1, -0.05) is 66.5 Å². The Morgan fingerprint density at radius 3 is 2.08 bits per heavy atom. The molecule has 0 amide bonds. The summed E-state index contributed by atoms with van der Waals surface area (Å²) in [5.41, 5.74) is 2.57. The Kier molecular flexibility index (Phi) is 14.1. The van der Waals surface area contributed by atoms with Gasteiger partial charge < -0.3 is 4.90 Å². The van der Waals surface area contributed by atoms with Crippen molar-refractivity contribution >= 4 is 10.9 Å². The van der Waals surface area contributed by atoms with Crippen LogP contribution >= 0.6 is 0 Å². The van der Waals surface area contributed by atoms with Crippen molar-refractivity contribution in [2.45, 2.75) is 80.7 Å². The van der Waals surface area contributed by atoms with Gasteiger partial charge in [-0.05, 0) is 44.5 Å². The molecule has 1 fully saturated rings. The van der Waals surface area contributed by atoms with Crippen molar-refractivity contribution in [1.82, 2.24) is 14.7 Å². The monoisotopic (exact) mass is 347 g/mol. The molecule has 3 nitrogen and oxygen atoms in total. The maximum absolute atomic E-state index is 4.49. The minimum atomic E-state index is 1.01. The summed E-state index contributed by atoms with van der Waals surface area (Å²) in [5, 5.41) is 5.73. The summed E-state index contributed by atoms with van der Waals surface area (Å²) in [4.78, 5) is 2.53. The Labute approximate surface area is 156 Å². The largest absolute Gasteiger partial charge is 0.301 e. The van der Waals surface area contributed by atoms with Gasteiger partial charge >= 0.3 is 0 Å². The van der Waals surface area contributed by atoms with E-state index < -0.39 is 0 Å². The average molecular weight is 348 g/mol. The Morgan fingerprint density at radius 2 is 1.52 bits per heavy atom. The van der Waals surface area contributed by atoms with Gasteiger partial charge in [0.05, 0.1) is 18.3 Å². The summed E-state index contributed by atoms with van der Waals surface area (Å²) in [6.45, 7) is 19.2. The van der Waals surface area contributed by atoms with Crippen LogP contribution in [0.25, 0.3) is 10.9 Å². The summed E-state index contributed by atoms with van der Waals surface area (Å²) in [6.07, 6.45) is 7.33. The van der Waals surface area contributed by atoms with Gasteiger partial charge in [0.15, 0.2) is 0 Å². The highest BCUT2D eigenvalue weighted by molar-refractivity contribution is 5.79. The number of aryl methyl sites for hydroxylation is 1. The van der Waals surface area contributed by atoms with Gasteiger partial charge in [0.25, 0.3) is 0 Å². The van der Waals surface area contributed by atoms with Gasteiger partial charge in [0.1, 0.15) is 0 Å². The molecule has 1 aromatic heterocycles. The summed E-state index contributed by atoms with van der Waals surface area (Å²) < 4.78 is 2.14. The fourth-order valence-corrected chi connectivity index (χ4v) is 2.60. The van der Waals surface area contributed by atoms with E-state index in [0.29, 0.717) is 0 Å². The van der Waals surface area contributed by atoms with Crippen molar-refractivity contribution in [3.05, 3.63) is 30.0 Å². The molecule has 0 radical (unpaired) electrons. The molecule has 144 valence electrons. The van der Waals surface area contributed by atoms with E-state index in [2.05, 4.69) is 53.7 Å². The first-order chi connectivity index (χ1) is 12.2. The fourth-order valence-electron chi connectivity index (χ4n) is 2.60. The molecule has 0 bridgehead atoms. The number of likely N-dealkylation sites (tertiary alicyclic amines) is 1. The zero-order valence-electron chi connectivity index (χ0n) is 17.8. The number of hydrogen-bond acceptors (Lipinski definition) is 2. The molecule has 2 aromatic rings. The lowest BCUT2D eigenvalue weighted by molar-refractivity contribution is 0.318. The molecule has 0 N–H and O–H groups in total. The molecule has 3 heteroatoms. The molecular formula is C22H41N3. The lowest BCUT2D eigenvalue weighted by Crippen LogP contribution is -2.24. The van der Waals surface area contributed by atoms with Crippen LogP contribution in [-0.2, 0) is 6.54 Å². The van der Waals surface area contributed by atoms with Crippen molar-refractivity contribution in [1.29, 1.82) is 0 Å². The smallest absolute Gasteiger partial charge is 0.0685 e. The van der Waals surface area contributed by atoms with E-state index in [4.69, 9.17) is 0 Å². The molecule has 1 aliphatic heterocycles. The van der Waals surface area contributed by atoms with E-state index in [1.807, 2.05) is 33.9 Å². The lowest BCUT2D eigenvalue weighted by Gasteiger charge is -2.14. The summed E-state index contributed by atoms with van der Waals surface area (Å²) >= 11 is 0. The third-order valence-electron chi connectivity index (χ3n) is 4.13. The standard InChI is InChI=1S/C14H19N3.C4H10.2C2H6/c1-12-4-5-13-11-15-17(14(13)10-12)9-8-16-6-2-3-7-16;1-3-4-2;2*1-2/h4-5,10-11H,2-3,6-9H2,1H3;3-4H2,1-2H3;2*1-2H3. The molecule has 1 saturated heterocycles. The Morgan fingerprint density at radius 1 is 0.920 bits per heavy atom. The fraction of sp³-hybridized carbons (Fsp3) is 0.682. The quantitative estimate of drug-likeness (QED) is 0.647. The number of hydrogen-bond donors (Lipinski definition) is 0. The lowest BCUT2D eigenvalue weighted by atomic mass is 10.2. The molecule has 1 aliphatic rings. The second-order valence-corrected chi connectivity index (χ2v) is 5.98. The van der Waals surface area contributed by atoms with Gasteiger partial charge in [-0.2, -0.15) is 5.10 Å². The zero-order valence-corrected chi connectivity index (χ0v) is 17.8. The van der Waals surface area contributed by atoms with Crippen molar-refractivity contribution in [3.63, 3.8) is 0 Å². The van der Waals surface area contributed by atoms with E-state index in [9.17, 15) is 0 Å². The van der Waals surface area contributed by atoms with E-state index >= 15 is 0 Å². The highest BCUT2D eigenvalue weighted by atomic mass is 15.3. The minimum absolute atomic E-state index is 1.01. The van der Waals surface area contributed by atoms with E-state index in [1.165, 1.54) is 55.2 Å². The van der Waals surface area contributed by atoms with Crippen molar-refractivity contribution in [2.24, 2.45) is 0 Å². The summed E-state index contributed by atoms with van der Waals surface area (Å²) in [5.74, 6) is 0. The van der Waals surface area contributed by atoms with Gasteiger partial charge in [0.2, 0.25) is 0 Å². The number of benzene rings is 1. The summed E-state index contributed by atoms with van der Waals surface area (Å²) in [7, 11) is 0. The second-order valence-electron chi connectivity index (χ2n) is 5.98. The molecule has 2 heterocycles. The first-order valence-corrected chi connectivity index (χ1v) is 10.4. The number of unbranched alkanes of at least 4 members (excludes halogenated alkanes) is 1. The van der Waals surface area contributed by atoms with Crippen LogP contribution in [0.5, 0.6) is 0 Å². The summed E-state index contributed by atoms with van der Waals surface area (Å²) in [6, 6.07) is 6.53. The van der Waals surface area contributed by atoms with Crippen LogP contribution in [0.1, 0.15) is 72.8 Å². The molecule has 0 aliphatic carbocycles. The maximum Gasteiger partial charge on any atom is 0.0685 e. The zero-order chi connectivity index (χ0) is 19.1. The molecule has 25 heavy (non-hydrogen) atoms. The van der Waals surface area contributed by atoms with Crippen LogP contribution in [-0.4, -0.2) is 34.3 Å². The average Bonchev–Trinajstić information content (AvgIpc) is 3.33. The molecule has 3 rings (SSSR count). The third kappa shape index (κ3) is 8.53. The maximum atomic E-state index is 4.49. The normalized spacial score (nSPS) is 13.2. The van der Waals surface area contributed by atoms with Crippen molar-refractivity contribution in [2.75, 3.05) is 19.6 Å². The van der Waals surface area contributed by atoms with E-state index in [-0.39, 0.29) is 0 Å². The third-order valence-corrected chi connectivity index (χ3v) is 4.13. The molecule has 1 aromatic carbocycles. The number of fused-ring (bicyclic) bond motifs is 1. The topological polar surface area (TPSA) is 21.1 Å². The van der Waals surface area contributed by atoms with Crippen molar-refractivity contribution < 1.29 is 0 Å². The molecule has 0 saturated carbocycles.